The summed E-state index contributed by atoms with van der Waals surface area (Å²) in [4.78, 5) is 27.4. The summed E-state index contributed by atoms with van der Waals surface area (Å²) in [6.07, 6.45) is 3.14. The number of hydrogen-bond acceptors (Lipinski definition) is 3. The Bertz CT molecular complexity index is 666. The van der Waals surface area contributed by atoms with E-state index in [2.05, 4.69) is 5.32 Å². The maximum absolute atomic E-state index is 14.1. The quantitative estimate of drug-likeness (QED) is 0.874. The molecule has 0 spiro atoms. The predicted octanol–water partition coefficient (Wildman–Crippen LogP) is 1.76. The molecule has 2 aliphatic heterocycles. The molecule has 136 valence electrons. The van der Waals surface area contributed by atoms with Gasteiger partial charge in [0.1, 0.15) is 11.9 Å². The fourth-order valence-corrected chi connectivity index (χ4v) is 3.78. The summed E-state index contributed by atoms with van der Waals surface area (Å²) in [5.41, 5.74) is 6.93. The standard InChI is InChI=1S/C18H25FN4O2/c1-12-6-7-14(19)16(10-12)22-8-2-4-13(11-22)21-17(24)15-5-3-9-23(15)18(20)25/h6-7,10,13,15H,2-5,8-9,11H2,1H3,(H2,20,25)(H,21,24)/t13-,15+/m1/s1. The number of anilines is 1. The fraction of sp³-hybridized carbons (Fsp3) is 0.556. The summed E-state index contributed by atoms with van der Waals surface area (Å²) < 4.78 is 14.1. The molecule has 0 radical (unpaired) electrons. The molecule has 2 heterocycles. The van der Waals surface area contributed by atoms with E-state index in [0.29, 0.717) is 25.2 Å². The zero-order valence-corrected chi connectivity index (χ0v) is 14.5. The Labute approximate surface area is 147 Å². The molecule has 0 aliphatic carbocycles. The number of hydrogen-bond donors (Lipinski definition) is 2. The van der Waals surface area contributed by atoms with E-state index in [9.17, 15) is 14.0 Å². The molecule has 2 atom stereocenters. The molecule has 0 saturated carbocycles. The monoisotopic (exact) mass is 348 g/mol. The van der Waals surface area contributed by atoms with Crippen LogP contribution in [0, 0.1) is 12.7 Å². The SMILES string of the molecule is Cc1ccc(F)c(N2CCC[C@@H](NC(=O)[C@@H]3CCCN3C(N)=O)C2)c1. The molecule has 2 fully saturated rings. The van der Waals surface area contributed by atoms with E-state index in [1.54, 1.807) is 6.07 Å². The highest BCUT2D eigenvalue weighted by atomic mass is 19.1. The van der Waals surface area contributed by atoms with Gasteiger partial charge < -0.3 is 20.9 Å². The first-order valence-corrected chi connectivity index (χ1v) is 8.83. The third-order valence-electron chi connectivity index (χ3n) is 5.05. The number of halogens is 1. The molecule has 0 unspecified atom stereocenters. The van der Waals surface area contributed by atoms with E-state index in [-0.39, 0.29) is 17.8 Å². The molecule has 2 saturated heterocycles. The van der Waals surface area contributed by atoms with Crippen LogP contribution in [0.5, 0.6) is 0 Å². The van der Waals surface area contributed by atoms with E-state index < -0.39 is 12.1 Å². The van der Waals surface area contributed by atoms with Gasteiger partial charge in [-0.25, -0.2) is 9.18 Å². The van der Waals surface area contributed by atoms with Gasteiger partial charge in [0.15, 0.2) is 0 Å². The van der Waals surface area contributed by atoms with Gasteiger partial charge in [0, 0.05) is 25.7 Å². The maximum atomic E-state index is 14.1. The second-order valence-electron chi connectivity index (χ2n) is 6.94. The molecular formula is C18H25FN4O2. The first kappa shape index (κ1) is 17.5. The lowest BCUT2D eigenvalue weighted by Crippen LogP contribution is -2.54. The number of urea groups is 1. The molecule has 1 aromatic carbocycles. The van der Waals surface area contributed by atoms with Crippen LogP contribution in [0.1, 0.15) is 31.2 Å². The molecule has 1 aromatic rings. The summed E-state index contributed by atoms with van der Waals surface area (Å²) in [5.74, 6) is -0.402. The summed E-state index contributed by atoms with van der Waals surface area (Å²) in [6, 6.07) is 3.98. The van der Waals surface area contributed by atoms with Crippen molar-refractivity contribution < 1.29 is 14.0 Å². The van der Waals surface area contributed by atoms with Gasteiger partial charge in [-0.2, -0.15) is 0 Å². The lowest BCUT2D eigenvalue weighted by Gasteiger charge is -2.36. The van der Waals surface area contributed by atoms with E-state index in [1.165, 1.54) is 11.0 Å². The molecule has 0 aromatic heterocycles. The number of likely N-dealkylation sites (tertiary alicyclic amines) is 1. The van der Waals surface area contributed by atoms with Crippen LogP contribution in [0.3, 0.4) is 0 Å². The first-order chi connectivity index (χ1) is 12.0. The van der Waals surface area contributed by atoms with Gasteiger partial charge in [-0.3, -0.25) is 4.79 Å². The van der Waals surface area contributed by atoms with Gasteiger partial charge in [0.05, 0.1) is 5.69 Å². The number of rotatable bonds is 3. The Morgan fingerprint density at radius 1 is 1.24 bits per heavy atom. The molecule has 25 heavy (non-hydrogen) atoms. The highest BCUT2D eigenvalue weighted by molar-refractivity contribution is 5.87. The molecule has 3 amide bonds. The number of nitrogens with one attached hydrogen (secondary N) is 1. The van der Waals surface area contributed by atoms with Crippen LogP contribution < -0.4 is 16.0 Å². The summed E-state index contributed by atoms with van der Waals surface area (Å²) in [5, 5.41) is 3.03. The van der Waals surface area contributed by atoms with Crippen LogP contribution >= 0.6 is 0 Å². The van der Waals surface area contributed by atoms with Crippen LogP contribution in [-0.4, -0.2) is 48.6 Å². The third-order valence-corrected chi connectivity index (χ3v) is 5.05. The van der Waals surface area contributed by atoms with Crippen molar-refractivity contribution in [2.24, 2.45) is 5.73 Å². The van der Waals surface area contributed by atoms with Gasteiger partial charge in [-0.05, 0) is 50.3 Å². The van der Waals surface area contributed by atoms with Crippen molar-refractivity contribution in [2.75, 3.05) is 24.5 Å². The fourth-order valence-electron chi connectivity index (χ4n) is 3.78. The Balaban J connectivity index is 1.64. The highest BCUT2D eigenvalue weighted by Gasteiger charge is 2.34. The second kappa shape index (κ2) is 7.29. The Kier molecular flexibility index (Phi) is 5.11. The number of carbonyl (C=O) groups is 2. The second-order valence-corrected chi connectivity index (χ2v) is 6.94. The normalized spacial score (nSPS) is 23.6. The van der Waals surface area contributed by atoms with Crippen molar-refractivity contribution in [2.45, 2.75) is 44.7 Å². The van der Waals surface area contributed by atoms with Crippen molar-refractivity contribution in [1.82, 2.24) is 10.2 Å². The summed E-state index contributed by atoms with van der Waals surface area (Å²) in [6.45, 7) is 3.79. The Hall–Kier alpha value is -2.31. The van der Waals surface area contributed by atoms with Gasteiger partial charge in [-0.15, -0.1) is 0 Å². The summed E-state index contributed by atoms with van der Waals surface area (Å²) in [7, 11) is 0. The van der Waals surface area contributed by atoms with Gasteiger partial charge in [0.25, 0.3) is 0 Å². The van der Waals surface area contributed by atoms with E-state index >= 15 is 0 Å². The Morgan fingerprint density at radius 3 is 2.76 bits per heavy atom. The van der Waals surface area contributed by atoms with Crippen molar-refractivity contribution in [3.05, 3.63) is 29.6 Å². The minimum absolute atomic E-state index is 0.0588. The minimum Gasteiger partial charge on any atom is -0.367 e. The topological polar surface area (TPSA) is 78.7 Å². The van der Waals surface area contributed by atoms with Crippen molar-refractivity contribution in [3.8, 4) is 0 Å². The summed E-state index contributed by atoms with van der Waals surface area (Å²) >= 11 is 0. The average Bonchev–Trinajstić information content (AvgIpc) is 3.07. The molecule has 2 aliphatic rings. The van der Waals surface area contributed by atoms with Crippen molar-refractivity contribution >= 4 is 17.6 Å². The van der Waals surface area contributed by atoms with Gasteiger partial charge >= 0.3 is 6.03 Å². The van der Waals surface area contributed by atoms with Crippen LogP contribution in [0.15, 0.2) is 18.2 Å². The van der Waals surface area contributed by atoms with Crippen molar-refractivity contribution in [1.29, 1.82) is 0 Å². The van der Waals surface area contributed by atoms with Crippen LogP contribution in [0.4, 0.5) is 14.9 Å². The largest absolute Gasteiger partial charge is 0.367 e. The number of amides is 3. The first-order valence-electron chi connectivity index (χ1n) is 8.83. The van der Waals surface area contributed by atoms with E-state index in [4.69, 9.17) is 5.73 Å². The number of carbonyl (C=O) groups excluding carboxylic acids is 2. The number of aryl methyl sites for hydroxylation is 1. The maximum Gasteiger partial charge on any atom is 0.315 e. The average molecular weight is 348 g/mol. The molecule has 0 bridgehead atoms. The minimum atomic E-state index is -0.551. The number of benzene rings is 1. The molecule has 7 heteroatoms. The highest BCUT2D eigenvalue weighted by Crippen LogP contribution is 2.25. The Morgan fingerprint density at radius 2 is 2.00 bits per heavy atom. The van der Waals surface area contributed by atoms with Crippen LogP contribution in [-0.2, 0) is 4.79 Å². The van der Waals surface area contributed by atoms with Gasteiger partial charge in [0.2, 0.25) is 5.91 Å². The predicted molar refractivity (Wildman–Crippen MR) is 93.8 cm³/mol. The molecular weight excluding hydrogens is 323 g/mol. The number of primary amides is 1. The van der Waals surface area contributed by atoms with Gasteiger partial charge in [-0.1, -0.05) is 6.07 Å². The smallest absolute Gasteiger partial charge is 0.315 e. The molecule has 3 rings (SSSR count). The zero-order valence-electron chi connectivity index (χ0n) is 14.5. The number of nitrogens with zero attached hydrogens (tertiary/aromatic N) is 2. The van der Waals surface area contributed by atoms with Crippen LogP contribution in [0.2, 0.25) is 0 Å². The van der Waals surface area contributed by atoms with Crippen molar-refractivity contribution in [3.63, 3.8) is 0 Å². The number of nitrogens with two attached hydrogens (primary N) is 1. The lowest BCUT2D eigenvalue weighted by molar-refractivity contribution is -0.125. The number of piperidine rings is 1. The zero-order chi connectivity index (χ0) is 18.0. The van der Waals surface area contributed by atoms with E-state index in [1.807, 2.05) is 17.9 Å². The van der Waals surface area contributed by atoms with E-state index in [0.717, 1.165) is 31.4 Å². The van der Waals surface area contributed by atoms with Crippen LogP contribution in [0.25, 0.3) is 0 Å². The third kappa shape index (κ3) is 3.86. The molecule has 3 N–H and O–H groups in total. The lowest BCUT2D eigenvalue weighted by atomic mass is 10.0. The molecule has 6 nitrogen and oxygen atoms in total.